The van der Waals surface area contributed by atoms with Crippen molar-refractivity contribution in [2.45, 2.75) is 19.9 Å². The van der Waals surface area contributed by atoms with Gasteiger partial charge in [0.2, 0.25) is 5.56 Å². The van der Waals surface area contributed by atoms with Crippen molar-refractivity contribution < 1.29 is 4.79 Å². The van der Waals surface area contributed by atoms with E-state index in [1.54, 1.807) is 24.7 Å². The van der Waals surface area contributed by atoms with Crippen LogP contribution < -0.4 is 10.9 Å². The van der Waals surface area contributed by atoms with Gasteiger partial charge in [0.1, 0.15) is 10.7 Å². The van der Waals surface area contributed by atoms with Gasteiger partial charge in [0.15, 0.2) is 0 Å². The van der Waals surface area contributed by atoms with Crippen LogP contribution in [0.1, 0.15) is 28.7 Å². The average Bonchev–Trinajstić information content (AvgIpc) is 3.09. The van der Waals surface area contributed by atoms with E-state index in [1.165, 1.54) is 17.4 Å². The van der Waals surface area contributed by atoms with E-state index in [0.29, 0.717) is 29.9 Å². The van der Waals surface area contributed by atoms with Gasteiger partial charge in [0.05, 0.1) is 24.0 Å². The number of pyridine rings is 1. The molecule has 0 atom stereocenters. The molecule has 0 saturated carbocycles. The number of carbonyl (C=O) groups excluding carboxylic acids is 1. The fourth-order valence-electron chi connectivity index (χ4n) is 2.19. The minimum atomic E-state index is -0.239. The molecule has 0 aliphatic rings. The number of aryl methyl sites for hydroxylation is 1. The number of nitrogens with zero attached hydrogens (tertiary/aromatic N) is 3. The summed E-state index contributed by atoms with van der Waals surface area (Å²) in [6.07, 6.45) is 5.44. The minimum Gasteiger partial charge on any atom is -0.346 e. The third kappa shape index (κ3) is 3.54. The van der Waals surface area contributed by atoms with E-state index >= 15 is 0 Å². The van der Waals surface area contributed by atoms with Gasteiger partial charge in [-0.05, 0) is 12.5 Å². The van der Waals surface area contributed by atoms with Crippen LogP contribution in [0.25, 0.3) is 10.7 Å². The number of nitrogens with one attached hydrogen (secondary N) is 2. The van der Waals surface area contributed by atoms with E-state index in [9.17, 15) is 9.59 Å². The molecule has 0 spiro atoms. The topological polar surface area (TPSA) is 101 Å². The fourth-order valence-corrected chi connectivity index (χ4v) is 2.97. The quantitative estimate of drug-likeness (QED) is 0.737. The molecule has 2 N–H and O–H groups in total. The van der Waals surface area contributed by atoms with E-state index in [-0.39, 0.29) is 11.5 Å². The van der Waals surface area contributed by atoms with Crippen LogP contribution in [0.4, 0.5) is 0 Å². The van der Waals surface area contributed by atoms with Crippen LogP contribution in [0.5, 0.6) is 0 Å². The zero-order valence-corrected chi connectivity index (χ0v) is 13.8. The van der Waals surface area contributed by atoms with Crippen molar-refractivity contribution >= 4 is 17.2 Å². The van der Waals surface area contributed by atoms with Crippen LogP contribution in [0, 0.1) is 0 Å². The lowest BCUT2D eigenvalue weighted by Gasteiger charge is -2.07. The SMILES string of the molecule is CCc1[nH]c(=O)ccc1C(=O)NCc1csc(-c2cnccn2)n1. The maximum Gasteiger partial charge on any atom is 0.253 e. The summed E-state index contributed by atoms with van der Waals surface area (Å²) in [6, 6.07) is 2.89. The summed E-state index contributed by atoms with van der Waals surface area (Å²) in [7, 11) is 0. The van der Waals surface area contributed by atoms with Gasteiger partial charge in [0, 0.05) is 29.5 Å². The maximum absolute atomic E-state index is 12.3. The predicted octanol–water partition coefficient (Wildman–Crippen LogP) is 1.78. The third-order valence-corrected chi connectivity index (χ3v) is 4.28. The minimum absolute atomic E-state index is 0.212. The van der Waals surface area contributed by atoms with Crippen molar-refractivity contribution in [1.82, 2.24) is 25.3 Å². The Balaban J connectivity index is 1.69. The summed E-state index contributed by atoms with van der Waals surface area (Å²) >= 11 is 1.45. The van der Waals surface area contributed by atoms with Crippen molar-refractivity contribution in [2.75, 3.05) is 0 Å². The number of aromatic amines is 1. The highest BCUT2D eigenvalue weighted by atomic mass is 32.1. The Bertz CT molecular complexity index is 904. The van der Waals surface area contributed by atoms with Crippen molar-refractivity contribution in [1.29, 1.82) is 0 Å². The molecule has 0 unspecified atom stereocenters. The van der Waals surface area contributed by atoms with Crippen LogP contribution in [0.3, 0.4) is 0 Å². The summed E-state index contributed by atoms with van der Waals surface area (Å²) in [5, 5.41) is 5.45. The Labute approximate surface area is 141 Å². The van der Waals surface area contributed by atoms with Gasteiger partial charge in [-0.25, -0.2) is 4.98 Å². The molecule has 0 fully saturated rings. The molecule has 3 heterocycles. The average molecular weight is 341 g/mol. The fraction of sp³-hybridized carbons (Fsp3) is 0.188. The second kappa shape index (κ2) is 7.14. The normalized spacial score (nSPS) is 10.5. The van der Waals surface area contributed by atoms with E-state index in [1.807, 2.05) is 12.3 Å². The summed E-state index contributed by atoms with van der Waals surface area (Å²) < 4.78 is 0. The molecule has 0 aromatic carbocycles. The van der Waals surface area contributed by atoms with Crippen LogP contribution in [-0.4, -0.2) is 25.8 Å². The molecule has 0 aliphatic carbocycles. The van der Waals surface area contributed by atoms with Gasteiger partial charge in [-0.2, -0.15) is 0 Å². The van der Waals surface area contributed by atoms with Gasteiger partial charge in [-0.3, -0.25) is 19.6 Å². The molecule has 3 aromatic heterocycles. The van der Waals surface area contributed by atoms with Gasteiger partial charge < -0.3 is 10.3 Å². The Kier molecular flexibility index (Phi) is 4.76. The molecule has 0 radical (unpaired) electrons. The van der Waals surface area contributed by atoms with E-state index in [4.69, 9.17) is 0 Å². The van der Waals surface area contributed by atoms with Crippen molar-refractivity contribution in [3.8, 4) is 10.7 Å². The first-order valence-corrected chi connectivity index (χ1v) is 8.26. The molecular formula is C16H15N5O2S. The summed E-state index contributed by atoms with van der Waals surface area (Å²) in [6.45, 7) is 2.19. The molecule has 0 saturated heterocycles. The highest BCUT2D eigenvalue weighted by Crippen LogP contribution is 2.20. The highest BCUT2D eigenvalue weighted by Gasteiger charge is 2.12. The third-order valence-electron chi connectivity index (χ3n) is 3.36. The number of hydrogen-bond acceptors (Lipinski definition) is 6. The van der Waals surface area contributed by atoms with Crippen LogP contribution >= 0.6 is 11.3 Å². The molecule has 122 valence electrons. The number of aromatic nitrogens is 4. The number of H-pyrrole nitrogens is 1. The largest absolute Gasteiger partial charge is 0.346 e. The number of thiazole rings is 1. The Morgan fingerprint density at radius 1 is 1.33 bits per heavy atom. The van der Waals surface area contributed by atoms with Crippen LogP contribution in [0.2, 0.25) is 0 Å². The Hall–Kier alpha value is -2.87. The van der Waals surface area contributed by atoms with Crippen molar-refractivity contribution in [3.05, 3.63) is 63.4 Å². The van der Waals surface area contributed by atoms with E-state index < -0.39 is 0 Å². The van der Waals surface area contributed by atoms with Crippen LogP contribution in [0.15, 0.2) is 40.9 Å². The Morgan fingerprint density at radius 2 is 2.21 bits per heavy atom. The van der Waals surface area contributed by atoms with E-state index in [0.717, 1.165) is 10.7 Å². The monoisotopic (exact) mass is 341 g/mol. The maximum atomic E-state index is 12.3. The summed E-state index contributed by atoms with van der Waals surface area (Å²) in [4.78, 5) is 39.0. The molecule has 3 rings (SSSR count). The number of carbonyl (C=O) groups is 1. The predicted molar refractivity (Wildman–Crippen MR) is 90.8 cm³/mol. The lowest BCUT2D eigenvalue weighted by Crippen LogP contribution is -2.25. The number of rotatable bonds is 5. The lowest BCUT2D eigenvalue weighted by atomic mass is 10.1. The zero-order chi connectivity index (χ0) is 16.9. The Morgan fingerprint density at radius 3 is 2.96 bits per heavy atom. The first kappa shape index (κ1) is 16.0. The van der Waals surface area contributed by atoms with Gasteiger partial charge >= 0.3 is 0 Å². The molecule has 3 aromatic rings. The molecular weight excluding hydrogens is 326 g/mol. The second-order valence-electron chi connectivity index (χ2n) is 4.99. The lowest BCUT2D eigenvalue weighted by molar-refractivity contribution is 0.0949. The first-order valence-electron chi connectivity index (χ1n) is 7.38. The molecule has 7 nitrogen and oxygen atoms in total. The van der Waals surface area contributed by atoms with Crippen molar-refractivity contribution in [2.24, 2.45) is 0 Å². The molecule has 8 heteroatoms. The van der Waals surface area contributed by atoms with Crippen LogP contribution in [-0.2, 0) is 13.0 Å². The number of amides is 1. The van der Waals surface area contributed by atoms with Gasteiger partial charge in [-0.15, -0.1) is 11.3 Å². The summed E-state index contributed by atoms with van der Waals surface area (Å²) in [5.74, 6) is -0.239. The smallest absolute Gasteiger partial charge is 0.253 e. The summed E-state index contributed by atoms with van der Waals surface area (Å²) in [5.41, 5.74) is 2.34. The van der Waals surface area contributed by atoms with Gasteiger partial charge in [-0.1, -0.05) is 6.92 Å². The standard InChI is InChI=1S/C16H15N5O2S/c1-2-12-11(3-4-14(22)21-12)15(23)19-7-10-9-24-16(20-10)13-8-17-5-6-18-13/h3-6,8-9H,2,7H2,1H3,(H,19,23)(H,21,22). The first-order chi connectivity index (χ1) is 11.7. The van der Waals surface area contributed by atoms with E-state index in [2.05, 4.69) is 25.3 Å². The molecule has 0 bridgehead atoms. The van der Waals surface area contributed by atoms with Crippen molar-refractivity contribution in [3.63, 3.8) is 0 Å². The molecule has 0 aliphatic heterocycles. The highest BCUT2D eigenvalue weighted by molar-refractivity contribution is 7.13. The second-order valence-corrected chi connectivity index (χ2v) is 5.84. The number of hydrogen-bond donors (Lipinski definition) is 2. The molecule has 1 amide bonds. The zero-order valence-electron chi connectivity index (χ0n) is 12.9. The van der Waals surface area contributed by atoms with Gasteiger partial charge in [0.25, 0.3) is 5.91 Å². The molecule has 24 heavy (non-hydrogen) atoms.